The number of alkyl halides is 1. The Labute approximate surface area is 234 Å². The maximum absolute atomic E-state index is 11.7. The van der Waals surface area contributed by atoms with Crippen molar-refractivity contribution in [1.29, 1.82) is 0 Å². The molecule has 0 aromatic heterocycles. The van der Waals surface area contributed by atoms with Crippen LogP contribution in [0.15, 0.2) is 48.5 Å². The number of carbonyl (C=O) groups excluding carboxylic acids is 3. The zero-order valence-corrected chi connectivity index (χ0v) is 23.2. The standard InChI is InChI=1S/C29H36ClNO8/c1-5-26(32)37-19-25(39-28(34)16-31)18-36-23-13-9-21(10-14-23)29(3,4)20-7-11-22(12-8-20)35-17-24(15-30)38-27(33)6-2/h7-14,24-25H,1-2,5-6,15-19,31H2,3-4H3/q+2/p+1. The Hall–Kier alpha value is -3.56. The van der Waals surface area contributed by atoms with Crippen LogP contribution in [0.5, 0.6) is 11.5 Å². The molecular weight excluding hydrogens is 526 g/mol. The average Bonchev–Trinajstić information content (AvgIpc) is 2.96. The van der Waals surface area contributed by atoms with Gasteiger partial charge in [0, 0.05) is 5.41 Å². The van der Waals surface area contributed by atoms with Gasteiger partial charge in [-0.3, -0.25) is 0 Å². The van der Waals surface area contributed by atoms with Crippen LogP contribution in [0.3, 0.4) is 0 Å². The summed E-state index contributed by atoms with van der Waals surface area (Å²) in [6.07, 6.45) is -1.30. The van der Waals surface area contributed by atoms with Crippen LogP contribution in [0.4, 0.5) is 0 Å². The average molecular weight is 563 g/mol. The van der Waals surface area contributed by atoms with Gasteiger partial charge >= 0.3 is 17.9 Å². The highest BCUT2D eigenvalue weighted by molar-refractivity contribution is 6.18. The number of hydrogen-bond donors (Lipinski definition) is 1. The van der Waals surface area contributed by atoms with Gasteiger partial charge in [-0.25, -0.2) is 14.4 Å². The first-order chi connectivity index (χ1) is 18.6. The van der Waals surface area contributed by atoms with Crippen LogP contribution < -0.4 is 15.2 Å². The Morgan fingerprint density at radius 3 is 1.67 bits per heavy atom. The molecule has 2 unspecified atom stereocenters. The number of carbonyl (C=O) groups is 3. The van der Waals surface area contributed by atoms with Gasteiger partial charge in [-0.05, 0) is 35.4 Å². The van der Waals surface area contributed by atoms with Gasteiger partial charge in [-0.2, -0.15) is 0 Å². The van der Waals surface area contributed by atoms with E-state index in [1.807, 2.05) is 48.5 Å². The zero-order chi connectivity index (χ0) is 28.8. The van der Waals surface area contributed by atoms with E-state index in [0.717, 1.165) is 11.1 Å². The summed E-state index contributed by atoms with van der Waals surface area (Å²) >= 11 is 5.86. The van der Waals surface area contributed by atoms with E-state index in [-0.39, 0.29) is 50.5 Å². The minimum atomic E-state index is -0.762. The Balaban J connectivity index is 1.99. The summed E-state index contributed by atoms with van der Waals surface area (Å²) in [5, 5.41) is 0. The van der Waals surface area contributed by atoms with Gasteiger partial charge in [-0.15, -0.1) is 11.6 Å². The monoisotopic (exact) mass is 562 g/mol. The molecule has 0 spiro atoms. The number of rotatable bonds is 16. The molecule has 2 atom stereocenters. The largest absolute Gasteiger partial charge is 0.490 e. The van der Waals surface area contributed by atoms with Crippen molar-refractivity contribution < 1.29 is 43.8 Å². The third-order valence-corrected chi connectivity index (χ3v) is 6.18. The summed E-state index contributed by atoms with van der Waals surface area (Å²) in [5.41, 5.74) is 5.29. The Kier molecular flexibility index (Phi) is 12.8. The molecule has 0 radical (unpaired) electrons. The molecule has 0 aliphatic rings. The van der Waals surface area contributed by atoms with Crippen LogP contribution >= 0.6 is 11.6 Å². The van der Waals surface area contributed by atoms with Crippen molar-refractivity contribution >= 4 is 29.5 Å². The first-order valence-electron chi connectivity index (χ1n) is 12.6. The van der Waals surface area contributed by atoms with Gasteiger partial charge < -0.3 is 29.4 Å². The topological polar surface area (TPSA) is 125 Å². The van der Waals surface area contributed by atoms with E-state index < -0.39 is 30.1 Å². The molecule has 3 N–H and O–H groups in total. The highest BCUT2D eigenvalue weighted by atomic mass is 35.5. The van der Waals surface area contributed by atoms with E-state index in [1.165, 1.54) is 0 Å². The van der Waals surface area contributed by atoms with Gasteiger partial charge in [0.05, 0.1) is 19.7 Å². The minimum Gasteiger partial charge on any atom is -0.490 e. The van der Waals surface area contributed by atoms with Crippen LogP contribution in [0.2, 0.25) is 0 Å². The van der Waals surface area contributed by atoms with Crippen LogP contribution in [0.1, 0.15) is 37.8 Å². The van der Waals surface area contributed by atoms with E-state index in [4.69, 9.17) is 35.3 Å². The third-order valence-electron chi connectivity index (χ3n) is 5.83. The Bertz CT molecular complexity index is 1060. The Morgan fingerprint density at radius 2 is 1.23 bits per heavy atom. The molecule has 2 aromatic carbocycles. The second-order valence-electron chi connectivity index (χ2n) is 9.11. The smallest absolute Gasteiger partial charge is 0.362 e. The van der Waals surface area contributed by atoms with Crippen molar-refractivity contribution in [1.82, 2.24) is 0 Å². The van der Waals surface area contributed by atoms with Gasteiger partial charge in [0.1, 0.15) is 37.4 Å². The molecule has 0 saturated carbocycles. The summed E-state index contributed by atoms with van der Waals surface area (Å²) in [6, 6.07) is 15.3. The number of esters is 3. The van der Waals surface area contributed by atoms with Crippen LogP contribution in [0, 0.1) is 13.8 Å². The number of benzene rings is 2. The molecule has 210 valence electrons. The lowest BCUT2D eigenvalue weighted by atomic mass is 9.78. The number of ether oxygens (including phenoxy) is 5. The van der Waals surface area contributed by atoms with Crippen molar-refractivity contribution in [2.75, 3.05) is 32.2 Å². The lowest BCUT2D eigenvalue weighted by Crippen LogP contribution is -2.55. The molecule has 2 aromatic rings. The number of quaternary nitrogens is 1. The lowest BCUT2D eigenvalue weighted by molar-refractivity contribution is -0.360. The minimum absolute atomic E-state index is 0.0134. The van der Waals surface area contributed by atoms with Crippen molar-refractivity contribution in [3.8, 4) is 11.5 Å². The van der Waals surface area contributed by atoms with E-state index in [1.54, 1.807) is 0 Å². The molecule has 0 heterocycles. The van der Waals surface area contributed by atoms with E-state index in [0.29, 0.717) is 11.5 Å². The van der Waals surface area contributed by atoms with Crippen molar-refractivity contribution in [3.63, 3.8) is 0 Å². The molecule has 0 bridgehead atoms. The van der Waals surface area contributed by atoms with E-state index in [2.05, 4.69) is 33.4 Å². The predicted octanol–water partition coefficient (Wildman–Crippen LogP) is 3.07. The second-order valence-corrected chi connectivity index (χ2v) is 9.42. The van der Waals surface area contributed by atoms with Crippen LogP contribution in [-0.2, 0) is 34.0 Å². The summed E-state index contributed by atoms with van der Waals surface area (Å²) in [6.45, 7) is 11.2. The van der Waals surface area contributed by atoms with Crippen molar-refractivity contribution in [3.05, 3.63) is 73.5 Å². The SMILES string of the molecule is [CH2+]CC(=O)OCC(COc1ccc(C(C)(C)c2ccc(OCC(CCl)OC(=O)C[CH2+])cc2)cc1)OC(=O)C[NH3+]. The van der Waals surface area contributed by atoms with E-state index in [9.17, 15) is 14.4 Å². The first kappa shape index (κ1) is 31.7. The van der Waals surface area contributed by atoms with Crippen molar-refractivity contribution in [2.24, 2.45) is 0 Å². The molecular formula is C29H37ClNO8+3. The lowest BCUT2D eigenvalue weighted by Gasteiger charge is -2.27. The molecule has 0 saturated heterocycles. The van der Waals surface area contributed by atoms with Gasteiger partial charge in [-0.1, -0.05) is 38.1 Å². The molecule has 9 nitrogen and oxygen atoms in total. The number of halogens is 1. The fraction of sp³-hybridized carbons (Fsp3) is 0.414. The Morgan fingerprint density at radius 1 is 0.769 bits per heavy atom. The van der Waals surface area contributed by atoms with E-state index >= 15 is 0 Å². The predicted molar refractivity (Wildman–Crippen MR) is 145 cm³/mol. The number of hydrogen-bond acceptors (Lipinski definition) is 8. The van der Waals surface area contributed by atoms with Crippen LogP contribution in [0.25, 0.3) is 0 Å². The van der Waals surface area contributed by atoms with Gasteiger partial charge in [0.2, 0.25) is 0 Å². The van der Waals surface area contributed by atoms with Crippen LogP contribution in [-0.4, -0.2) is 62.4 Å². The maximum atomic E-state index is 11.7. The van der Waals surface area contributed by atoms with Crippen molar-refractivity contribution in [2.45, 2.75) is 44.3 Å². The van der Waals surface area contributed by atoms with Gasteiger partial charge in [0.15, 0.2) is 25.5 Å². The highest BCUT2D eigenvalue weighted by Crippen LogP contribution is 2.33. The zero-order valence-electron chi connectivity index (χ0n) is 22.5. The first-order valence-corrected chi connectivity index (χ1v) is 13.1. The second kappa shape index (κ2) is 15.8. The third kappa shape index (κ3) is 10.3. The summed E-state index contributed by atoms with van der Waals surface area (Å²) in [4.78, 5) is 34.5. The molecule has 0 aliphatic carbocycles. The molecule has 0 fully saturated rings. The fourth-order valence-electron chi connectivity index (χ4n) is 3.45. The summed E-state index contributed by atoms with van der Waals surface area (Å²) < 4.78 is 27.0. The molecule has 0 amide bonds. The molecule has 2 rings (SSSR count). The quantitative estimate of drug-likeness (QED) is 0.143. The summed E-state index contributed by atoms with van der Waals surface area (Å²) in [7, 11) is 0. The fourth-order valence-corrected chi connectivity index (χ4v) is 3.61. The maximum Gasteiger partial charge on any atom is 0.362 e. The molecule has 10 heteroatoms. The summed E-state index contributed by atoms with van der Waals surface area (Å²) in [5.74, 6) is -0.0984. The van der Waals surface area contributed by atoms with Gasteiger partial charge in [0.25, 0.3) is 0 Å². The normalized spacial score (nSPS) is 12.6. The molecule has 39 heavy (non-hydrogen) atoms. The molecule has 0 aliphatic heterocycles. The highest BCUT2D eigenvalue weighted by Gasteiger charge is 2.24.